The molecule has 3 aromatic carbocycles. The maximum atomic E-state index is 12.3. The van der Waals surface area contributed by atoms with E-state index in [2.05, 4.69) is 15.8 Å². The lowest BCUT2D eigenvalue weighted by molar-refractivity contribution is 0.0734. The number of nitrogens with one attached hydrogen (secondary N) is 2. The van der Waals surface area contributed by atoms with E-state index in [0.29, 0.717) is 28.8 Å². The first kappa shape index (κ1) is 22.0. The fourth-order valence-electron chi connectivity index (χ4n) is 2.69. The van der Waals surface area contributed by atoms with Gasteiger partial charge in [-0.2, -0.15) is 5.10 Å². The fourth-order valence-corrected chi connectivity index (χ4v) is 2.86. The zero-order valence-corrected chi connectivity index (χ0v) is 18.1. The lowest BCUT2D eigenvalue weighted by Gasteiger charge is -2.07. The molecule has 0 aliphatic rings. The quantitative estimate of drug-likeness (QED) is 0.181. The number of nitrogens with zero attached hydrogens (tertiary/aromatic N) is 1. The number of hydrogen-bond donors (Lipinski definition) is 2. The number of carbonyl (C=O) groups excluding carboxylic acids is 1. The highest BCUT2D eigenvalue weighted by Crippen LogP contribution is 2.16. The number of thiocarbonyl (C=S) groups is 1. The van der Waals surface area contributed by atoms with Crippen LogP contribution in [-0.4, -0.2) is 23.9 Å². The smallest absolute Gasteiger partial charge is 0.343 e. The Morgan fingerprint density at radius 2 is 1.74 bits per heavy atom. The first-order valence-electron chi connectivity index (χ1n) is 9.75. The molecule has 0 bridgehead atoms. The van der Waals surface area contributed by atoms with Crippen LogP contribution in [0.1, 0.15) is 28.4 Å². The van der Waals surface area contributed by atoms with E-state index in [1.54, 1.807) is 54.7 Å². The van der Waals surface area contributed by atoms with Gasteiger partial charge in [-0.3, -0.25) is 5.43 Å². The summed E-state index contributed by atoms with van der Waals surface area (Å²) in [6.45, 7) is 4.49. The van der Waals surface area contributed by atoms with Gasteiger partial charge in [0.25, 0.3) is 0 Å². The molecule has 0 aliphatic carbocycles. The largest absolute Gasteiger partial charge is 0.494 e. The second-order valence-electron chi connectivity index (χ2n) is 6.61. The van der Waals surface area contributed by atoms with Gasteiger partial charge in [-0.05, 0) is 97.9 Å². The SMILES string of the molecule is CCOc1ccc(C(=O)Oc2ccc(/C=N\NC(=S)Nc3cccc(C)c3)cc2)cc1. The van der Waals surface area contributed by atoms with Crippen LogP contribution in [0.2, 0.25) is 0 Å². The molecule has 0 spiro atoms. The molecular weight excluding hydrogens is 410 g/mol. The molecule has 0 unspecified atom stereocenters. The molecule has 0 heterocycles. The summed E-state index contributed by atoms with van der Waals surface area (Å²) in [4.78, 5) is 12.3. The maximum absolute atomic E-state index is 12.3. The molecule has 0 atom stereocenters. The van der Waals surface area contributed by atoms with E-state index in [9.17, 15) is 4.79 Å². The summed E-state index contributed by atoms with van der Waals surface area (Å²) in [5, 5.41) is 7.58. The van der Waals surface area contributed by atoms with Crippen LogP contribution in [0.25, 0.3) is 0 Å². The molecule has 0 radical (unpaired) electrons. The summed E-state index contributed by atoms with van der Waals surface area (Å²) in [5.41, 5.74) is 6.09. The average molecular weight is 434 g/mol. The van der Waals surface area contributed by atoms with E-state index >= 15 is 0 Å². The minimum atomic E-state index is -0.432. The Balaban J connectivity index is 1.50. The van der Waals surface area contributed by atoms with Crippen LogP contribution in [0.4, 0.5) is 5.69 Å². The Bertz CT molecular complexity index is 1060. The van der Waals surface area contributed by atoms with Crippen LogP contribution in [0.3, 0.4) is 0 Å². The van der Waals surface area contributed by atoms with Crippen molar-refractivity contribution in [2.75, 3.05) is 11.9 Å². The summed E-state index contributed by atoms with van der Waals surface area (Å²) in [7, 11) is 0. The number of esters is 1. The standard InChI is InChI=1S/C24H23N3O3S/c1-3-29-21-13-9-19(10-14-21)23(28)30-22-11-7-18(8-12-22)16-25-27-24(31)26-20-6-4-5-17(2)15-20/h4-16H,3H2,1-2H3,(H2,26,27,31)/b25-16-. The fraction of sp³-hybridized carbons (Fsp3) is 0.125. The van der Waals surface area contributed by atoms with E-state index in [1.807, 2.05) is 38.1 Å². The summed E-state index contributed by atoms with van der Waals surface area (Å²) >= 11 is 5.23. The molecular formula is C24H23N3O3S. The highest BCUT2D eigenvalue weighted by Gasteiger charge is 2.08. The first-order valence-corrected chi connectivity index (χ1v) is 10.2. The molecule has 7 heteroatoms. The van der Waals surface area contributed by atoms with Crippen molar-refractivity contribution >= 4 is 35.2 Å². The number of ether oxygens (including phenoxy) is 2. The van der Waals surface area contributed by atoms with Crippen molar-refractivity contribution in [1.29, 1.82) is 0 Å². The number of anilines is 1. The minimum Gasteiger partial charge on any atom is -0.494 e. The number of carbonyl (C=O) groups is 1. The Labute approximate surface area is 186 Å². The van der Waals surface area contributed by atoms with Crippen molar-refractivity contribution in [2.45, 2.75) is 13.8 Å². The van der Waals surface area contributed by atoms with E-state index in [4.69, 9.17) is 21.7 Å². The Kier molecular flexibility index (Phi) is 7.73. The van der Waals surface area contributed by atoms with Gasteiger partial charge >= 0.3 is 5.97 Å². The van der Waals surface area contributed by atoms with Crippen molar-refractivity contribution in [3.63, 3.8) is 0 Å². The van der Waals surface area contributed by atoms with Crippen molar-refractivity contribution in [1.82, 2.24) is 5.43 Å². The van der Waals surface area contributed by atoms with Crippen LogP contribution < -0.4 is 20.2 Å². The van der Waals surface area contributed by atoms with Crippen molar-refractivity contribution in [3.05, 3.63) is 89.5 Å². The zero-order valence-electron chi connectivity index (χ0n) is 17.3. The monoisotopic (exact) mass is 433 g/mol. The lowest BCUT2D eigenvalue weighted by atomic mass is 10.2. The minimum absolute atomic E-state index is 0.391. The van der Waals surface area contributed by atoms with Gasteiger partial charge in [-0.25, -0.2) is 4.79 Å². The third-order valence-electron chi connectivity index (χ3n) is 4.15. The van der Waals surface area contributed by atoms with Gasteiger partial charge in [0.15, 0.2) is 5.11 Å². The van der Waals surface area contributed by atoms with Crippen LogP contribution in [-0.2, 0) is 0 Å². The van der Waals surface area contributed by atoms with E-state index in [0.717, 1.165) is 16.8 Å². The summed E-state index contributed by atoms with van der Waals surface area (Å²) in [5.74, 6) is 0.726. The predicted molar refractivity (Wildman–Crippen MR) is 127 cm³/mol. The highest BCUT2D eigenvalue weighted by molar-refractivity contribution is 7.80. The first-order chi connectivity index (χ1) is 15.0. The predicted octanol–water partition coefficient (Wildman–Crippen LogP) is 4.93. The topological polar surface area (TPSA) is 72.0 Å². The second kappa shape index (κ2) is 10.9. The molecule has 6 nitrogen and oxygen atoms in total. The molecule has 0 saturated carbocycles. The van der Waals surface area contributed by atoms with Gasteiger partial charge in [0.05, 0.1) is 18.4 Å². The van der Waals surface area contributed by atoms with E-state index < -0.39 is 5.97 Å². The van der Waals surface area contributed by atoms with Crippen molar-refractivity contribution < 1.29 is 14.3 Å². The van der Waals surface area contributed by atoms with Crippen molar-refractivity contribution in [3.8, 4) is 11.5 Å². The van der Waals surface area contributed by atoms with Crippen LogP contribution in [0.15, 0.2) is 77.9 Å². The highest BCUT2D eigenvalue weighted by atomic mass is 32.1. The van der Waals surface area contributed by atoms with Gasteiger partial charge in [-0.15, -0.1) is 0 Å². The molecule has 3 rings (SSSR count). The Morgan fingerprint density at radius 3 is 2.42 bits per heavy atom. The van der Waals surface area contributed by atoms with Crippen LogP contribution in [0, 0.1) is 6.92 Å². The summed E-state index contributed by atoms with van der Waals surface area (Å²) in [6.07, 6.45) is 1.63. The summed E-state index contributed by atoms with van der Waals surface area (Å²) < 4.78 is 10.8. The lowest BCUT2D eigenvalue weighted by Crippen LogP contribution is -2.23. The third-order valence-corrected chi connectivity index (χ3v) is 4.34. The average Bonchev–Trinajstić information content (AvgIpc) is 2.76. The Morgan fingerprint density at radius 1 is 1.03 bits per heavy atom. The van der Waals surface area contributed by atoms with Crippen molar-refractivity contribution in [2.24, 2.45) is 5.10 Å². The molecule has 158 valence electrons. The number of hydrazone groups is 1. The number of hydrogen-bond acceptors (Lipinski definition) is 5. The second-order valence-corrected chi connectivity index (χ2v) is 7.02. The summed E-state index contributed by atoms with van der Waals surface area (Å²) in [6, 6.07) is 21.7. The molecule has 2 N–H and O–H groups in total. The van der Waals surface area contributed by atoms with Gasteiger partial charge in [0.1, 0.15) is 11.5 Å². The molecule has 0 fully saturated rings. The van der Waals surface area contributed by atoms with E-state index in [1.165, 1.54) is 0 Å². The zero-order chi connectivity index (χ0) is 22.1. The Hall–Kier alpha value is -3.71. The van der Waals surface area contributed by atoms with Gasteiger partial charge in [-0.1, -0.05) is 12.1 Å². The van der Waals surface area contributed by atoms with Crippen LogP contribution >= 0.6 is 12.2 Å². The molecule has 0 aromatic heterocycles. The van der Waals surface area contributed by atoms with E-state index in [-0.39, 0.29) is 0 Å². The normalized spacial score (nSPS) is 10.5. The third kappa shape index (κ3) is 6.94. The van der Waals surface area contributed by atoms with Gasteiger partial charge < -0.3 is 14.8 Å². The molecule has 31 heavy (non-hydrogen) atoms. The number of rotatable bonds is 7. The molecule has 3 aromatic rings. The maximum Gasteiger partial charge on any atom is 0.343 e. The van der Waals surface area contributed by atoms with Gasteiger partial charge in [0.2, 0.25) is 0 Å². The molecule has 0 amide bonds. The number of benzene rings is 3. The molecule has 0 saturated heterocycles. The number of aryl methyl sites for hydroxylation is 1. The molecule has 0 aliphatic heterocycles. The van der Waals surface area contributed by atoms with Crippen LogP contribution in [0.5, 0.6) is 11.5 Å². The van der Waals surface area contributed by atoms with Gasteiger partial charge in [0, 0.05) is 5.69 Å².